The normalized spacial score (nSPS) is 13.4. The maximum Gasteiger partial charge on any atom is 0.234 e. The number of nitrogens with one attached hydrogen (secondary N) is 1. The number of amides is 1. The molecule has 0 aliphatic rings. The zero-order valence-electron chi connectivity index (χ0n) is 12.7. The molecule has 1 atom stereocenters. The standard InChI is InChI=1S/C14H31N3O/c1-6-13(7-2)17(9-8-15)10-14(18)16-12(5)11(3)4/h11-13H,6-10,15H2,1-5H3,(H,16,18). The Morgan fingerprint density at radius 1 is 1.22 bits per heavy atom. The Labute approximate surface area is 112 Å². The summed E-state index contributed by atoms with van der Waals surface area (Å²) in [7, 11) is 0. The Morgan fingerprint density at radius 3 is 2.17 bits per heavy atom. The second kappa shape index (κ2) is 9.34. The lowest BCUT2D eigenvalue weighted by Crippen LogP contribution is -2.47. The van der Waals surface area contributed by atoms with Crippen molar-refractivity contribution >= 4 is 5.91 Å². The van der Waals surface area contributed by atoms with E-state index in [0.29, 0.717) is 25.0 Å². The third kappa shape index (κ3) is 6.36. The number of hydrogen-bond acceptors (Lipinski definition) is 3. The summed E-state index contributed by atoms with van der Waals surface area (Å²) in [5, 5.41) is 3.05. The first-order valence-corrected chi connectivity index (χ1v) is 7.19. The molecular weight excluding hydrogens is 226 g/mol. The number of carbonyl (C=O) groups excluding carboxylic acids is 1. The topological polar surface area (TPSA) is 58.4 Å². The Bertz CT molecular complexity index is 227. The summed E-state index contributed by atoms with van der Waals surface area (Å²) >= 11 is 0. The van der Waals surface area contributed by atoms with Gasteiger partial charge in [-0.25, -0.2) is 0 Å². The third-order valence-corrected chi connectivity index (χ3v) is 3.61. The van der Waals surface area contributed by atoms with Crippen molar-refractivity contribution in [3.05, 3.63) is 0 Å². The minimum absolute atomic E-state index is 0.108. The van der Waals surface area contributed by atoms with Gasteiger partial charge in [0.1, 0.15) is 0 Å². The van der Waals surface area contributed by atoms with E-state index >= 15 is 0 Å². The van der Waals surface area contributed by atoms with Crippen molar-refractivity contribution < 1.29 is 4.79 Å². The first-order valence-electron chi connectivity index (χ1n) is 7.19. The molecule has 0 aliphatic carbocycles. The van der Waals surface area contributed by atoms with Gasteiger partial charge in [-0.3, -0.25) is 9.69 Å². The fourth-order valence-corrected chi connectivity index (χ4v) is 2.01. The summed E-state index contributed by atoms with van der Waals surface area (Å²) in [5.41, 5.74) is 5.63. The van der Waals surface area contributed by atoms with Gasteiger partial charge in [-0.1, -0.05) is 27.7 Å². The molecule has 0 spiro atoms. The van der Waals surface area contributed by atoms with Crippen LogP contribution in [0.15, 0.2) is 0 Å². The average Bonchev–Trinajstić information content (AvgIpc) is 2.30. The third-order valence-electron chi connectivity index (χ3n) is 3.61. The number of rotatable bonds is 9. The molecule has 0 bridgehead atoms. The van der Waals surface area contributed by atoms with E-state index in [9.17, 15) is 4.79 Å². The van der Waals surface area contributed by atoms with Crippen LogP contribution in [0.5, 0.6) is 0 Å². The molecule has 1 amide bonds. The van der Waals surface area contributed by atoms with Gasteiger partial charge in [0.05, 0.1) is 6.54 Å². The number of hydrogen-bond donors (Lipinski definition) is 2. The summed E-state index contributed by atoms with van der Waals surface area (Å²) in [4.78, 5) is 14.2. The molecule has 0 radical (unpaired) electrons. The van der Waals surface area contributed by atoms with Crippen LogP contribution in [-0.4, -0.2) is 42.5 Å². The Morgan fingerprint density at radius 2 is 1.78 bits per heavy atom. The van der Waals surface area contributed by atoms with Crippen molar-refractivity contribution in [3.63, 3.8) is 0 Å². The van der Waals surface area contributed by atoms with E-state index in [1.165, 1.54) is 0 Å². The molecule has 4 heteroatoms. The first-order chi connectivity index (χ1) is 8.46. The molecule has 0 aromatic carbocycles. The maximum atomic E-state index is 12.0. The van der Waals surface area contributed by atoms with E-state index in [1.54, 1.807) is 0 Å². The second-order valence-corrected chi connectivity index (χ2v) is 5.33. The molecule has 18 heavy (non-hydrogen) atoms. The molecule has 0 aromatic heterocycles. The van der Waals surface area contributed by atoms with Crippen LogP contribution in [0, 0.1) is 5.92 Å². The van der Waals surface area contributed by atoms with E-state index in [0.717, 1.165) is 19.4 Å². The van der Waals surface area contributed by atoms with Crippen LogP contribution in [0.25, 0.3) is 0 Å². The minimum Gasteiger partial charge on any atom is -0.352 e. The van der Waals surface area contributed by atoms with Gasteiger partial charge >= 0.3 is 0 Å². The molecule has 0 saturated carbocycles. The van der Waals surface area contributed by atoms with Crippen molar-refractivity contribution in [3.8, 4) is 0 Å². The van der Waals surface area contributed by atoms with Gasteiger partial charge in [0.2, 0.25) is 5.91 Å². The lowest BCUT2D eigenvalue weighted by molar-refractivity contribution is -0.123. The molecule has 0 rings (SSSR count). The highest BCUT2D eigenvalue weighted by molar-refractivity contribution is 5.78. The van der Waals surface area contributed by atoms with E-state index in [2.05, 4.69) is 37.9 Å². The lowest BCUT2D eigenvalue weighted by atomic mass is 10.1. The fourth-order valence-electron chi connectivity index (χ4n) is 2.01. The molecule has 0 aliphatic heterocycles. The summed E-state index contributed by atoms with van der Waals surface area (Å²) in [6, 6.07) is 0.674. The summed E-state index contributed by atoms with van der Waals surface area (Å²) in [6.45, 7) is 12.4. The monoisotopic (exact) mass is 257 g/mol. The van der Waals surface area contributed by atoms with Crippen LogP contribution in [0.3, 0.4) is 0 Å². The van der Waals surface area contributed by atoms with E-state index in [-0.39, 0.29) is 11.9 Å². The quantitative estimate of drug-likeness (QED) is 0.659. The maximum absolute atomic E-state index is 12.0. The molecular formula is C14H31N3O. The van der Waals surface area contributed by atoms with E-state index < -0.39 is 0 Å². The summed E-state index contributed by atoms with van der Waals surface area (Å²) in [6.07, 6.45) is 2.12. The zero-order chi connectivity index (χ0) is 14.1. The van der Waals surface area contributed by atoms with Crippen molar-refractivity contribution in [2.45, 2.75) is 59.5 Å². The van der Waals surface area contributed by atoms with Crippen LogP contribution in [-0.2, 0) is 4.79 Å². The van der Waals surface area contributed by atoms with Crippen LogP contribution in [0.4, 0.5) is 0 Å². The van der Waals surface area contributed by atoms with E-state index in [4.69, 9.17) is 5.73 Å². The molecule has 0 aromatic rings. The molecule has 0 heterocycles. The Hall–Kier alpha value is -0.610. The highest BCUT2D eigenvalue weighted by atomic mass is 16.2. The molecule has 0 fully saturated rings. The van der Waals surface area contributed by atoms with Gasteiger partial charge < -0.3 is 11.1 Å². The van der Waals surface area contributed by atoms with Gasteiger partial charge in [-0.2, -0.15) is 0 Å². The molecule has 108 valence electrons. The smallest absolute Gasteiger partial charge is 0.234 e. The molecule has 4 nitrogen and oxygen atoms in total. The fraction of sp³-hybridized carbons (Fsp3) is 0.929. The van der Waals surface area contributed by atoms with Gasteiger partial charge in [-0.05, 0) is 25.7 Å². The van der Waals surface area contributed by atoms with Gasteiger partial charge in [0.25, 0.3) is 0 Å². The summed E-state index contributed by atoms with van der Waals surface area (Å²) < 4.78 is 0. The first kappa shape index (κ1) is 17.4. The van der Waals surface area contributed by atoms with Crippen molar-refractivity contribution in [2.24, 2.45) is 11.7 Å². The van der Waals surface area contributed by atoms with Crippen molar-refractivity contribution in [1.29, 1.82) is 0 Å². The van der Waals surface area contributed by atoms with E-state index in [1.807, 2.05) is 6.92 Å². The predicted octanol–water partition coefficient (Wildman–Crippen LogP) is 1.60. The zero-order valence-corrected chi connectivity index (χ0v) is 12.7. The predicted molar refractivity (Wildman–Crippen MR) is 77.4 cm³/mol. The number of nitrogens with two attached hydrogens (primary N) is 1. The lowest BCUT2D eigenvalue weighted by Gasteiger charge is -2.30. The van der Waals surface area contributed by atoms with Crippen LogP contribution in [0.2, 0.25) is 0 Å². The SMILES string of the molecule is CCC(CC)N(CCN)CC(=O)NC(C)C(C)C. The number of nitrogens with zero attached hydrogens (tertiary/aromatic N) is 1. The highest BCUT2D eigenvalue weighted by Gasteiger charge is 2.19. The summed E-state index contributed by atoms with van der Waals surface area (Å²) in [5.74, 6) is 0.571. The second-order valence-electron chi connectivity index (χ2n) is 5.33. The van der Waals surface area contributed by atoms with Gasteiger partial charge in [-0.15, -0.1) is 0 Å². The molecule has 1 unspecified atom stereocenters. The van der Waals surface area contributed by atoms with Crippen LogP contribution < -0.4 is 11.1 Å². The van der Waals surface area contributed by atoms with Crippen molar-refractivity contribution in [1.82, 2.24) is 10.2 Å². The van der Waals surface area contributed by atoms with Gasteiger partial charge in [0.15, 0.2) is 0 Å². The molecule has 0 saturated heterocycles. The molecule has 3 N–H and O–H groups in total. The van der Waals surface area contributed by atoms with Crippen LogP contribution in [0.1, 0.15) is 47.5 Å². The van der Waals surface area contributed by atoms with Crippen LogP contribution >= 0.6 is 0 Å². The highest BCUT2D eigenvalue weighted by Crippen LogP contribution is 2.08. The Balaban J connectivity index is 4.35. The van der Waals surface area contributed by atoms with Crippen molar-refractivity contribution in [2.75, 3.05) is 19.6 Å². The average molecular weight is 257 g/mol. The number of carbonyl (C=O) groups is 1. The largest absolute Gasteiger partial charge is 0.352 e. The Kier molecular flexibility index (Phi) is 9.02. The van der Waals surface area contributed by atoms with Gasteiger partial charge in [0, 0.05) is 25.2 Å². The minimum atomic E-state index is 0.108.